The van der Waals surface area contributed by atoms with Gasteiger partial charge in [-0.25, -0.2) is 0 Å². The topological polar surface area (TPSA) is 0 Å². The smallest absolute Gasteiger partial charge is 0.0133 e. The lowest BCUT2D eigenvalue weighted by atomic mass is 9.74. The molecule has 0 radical (unpaired) electrons. The molecule has 0 fully saturated rings. The van der Waals surface area contributed by atoms with E-state index in [1.165, 1.54) is 23.1 Å². The third-order valence-electron chi connectivity index (χ3n) is 3.06. The number of hydrogen-bond donors (Lipinski definition) is 0. The van der Waals surface area contributed by atoms with Crippen molar-refractivity contribution < 1.29 is 0 Å². The molecule has 0 heterocycles. The Morgan fingerprint density at radius 3 is 2.19 bits per heavy atom. The van der Waals surface area contributed by atoms with Crippen LogP contribution in [0, 0.1) is 0 Å². The van der Waals surface area contributed by atoms with Crippen LogP contribution in [0.1, 0.15) is 22.6 Å². The largest absolute Gasteiger partial charge is 0.0966 e. The van der Waals surface area contributed by atoms with E-state index < -0.39 is 0 Å². The fourth-order valence-electron chi connectivity index (χ4n) is 2.24. The van der Waals surface area contributed by atoms with Gasteiger partial charge in [0.15, 0.2) is 0 Å². The minimum Gasteiger partial charge on any atom is -0.0966 e. The maximum atomic E-state index is 2.94. The first-order valence-electron chi connectivity index (χ1n) is 5.46. The Morgan fingerprint density at radius 1 is 0.875 bits per heavy atom. The van der Waals surface area contributed by atoms with Crippen molar-refractivity contribution in [3.63, 3.8) is 0 Å². The van der Waals surface area contributed by atoms with Crippen LogP contribution in [0.3, 0.4) is 0 Å². The lowest BCUT2D eigenvalue weighted by Gasteiger charge is -2.30. The summed E-state index contributed by atoms with van der Waals surface area (Å²) in [6.45, 7) is 0. The lowest BCUT2D eigenvalue weighted by Crippen LogP contribution is -2.17. The Bertz CT molecular complexity index is 448. The molecule has 1 aliphatic carbocycles. The Kier molecular flexibility index (Phi) is 3.79. The second-order valence-corrected chi connectivity index (χ2v) is 3.87. The van der Waals surface area contributed by atoms with E-state index in [0.29, 0.717) is 5.92 Å². The van der Waals surface area contributed by atoms with Crippen LogP contribution in [-0.2, 0) is 6.42 Å². The fraction of sp³-hybridized carbons (Fsp3) is 0.200. The number of benzene rings is 2. The van der Waals surface area contributed by atoms with Crippen molar-refractivity contribution in [3.05, 3.63) is 71.3 Å². The number of fused-ring (bicyclic) bond motifs is 1. The normalized spacial score (nSPS) is 16.5. The summed E-state index contributed by atoms with van der Waals surface area (Å²) in [5.41, 5.74) is 4.48. The van der Waals surface area contributed by atoms with Gasteiger partial charge in [0.1, 0.15) is 0 Å². The zero-order valence-corrected chi connectivity index (χ0v) is 10.9. The van der Waals surface area contributed by atoms with E-state index in [2.05, 4.69) is 70.5 Å². The summed E-state index contributed by atoms with van der Waals surface area (Å²) in [4.78, 5) is 0. The first-order chi connectivity index (χ1) is 7.95. The van der Waals surface area contributed by atoms with Crippen molar-refractivity contribution in [1.29, 1.82) is 0 Å². The van der Waals surface area contributed by atoms with Gasteiger partial charge in [0.25, 0.3) is 0 Å². The standard InChI is InChI=1S/C14H12.CH3Br/c1-2-6-11(7-3-1)14-10-12-8-4-5-9-13(12)14;1-2/h1-9,14H,10H2;1H3. The minimum absolute atomic E-state index is 0.646. The van der Waals surface area contributed by atoms with Gasteiger partial charge in [0.2, 0.25) is 0 Å². The second kappa shape index (κ2) is 5.31. The molecule has 0 amide bonds. The predicted molar refractivity (Wildman–Crippen MR) is 73.3 cm³/mol. The first-order valence-corrected chi connectivity index (χ1v) is 7.04. The van der Waals surface area contributed by atoms with Gasteiger partial charge in [0.05, 0.1) is 0 Å². The van der Waals surface area contributed by atoms with Crippen molar-refractivity contribution in [2.24, 2.45) is 0 Å². The molecule has 1 atom stereocenters. The molecule has 0 nitrogen and oxygen atoms in total. The van der Waals surface area contributed by atoms with Crippen molar-refractivity contribution in [2.45, 2.75) is 12.3 Å². The molecule has 82 valence electrons. The highest BCUT2D eigenvalue weighted by Crippen LogP contribution is 2.39. The Labute approximate surface area is 105 Å². The number of alkyl halides is 1. The van der Waals surface area contributed by atoms with Crippen LogP contribution >= 0.6 is 15.9 Å². The van der Waals surface area contributed by atoms with Gasteiger partial charge in [-0.1, -0.05) is 70.5 Å². The van der Waals surface area contributed by atoms with Gasteiger partial charge in [-0.3, -0.25) is 0 Å². The van der Waals surface area contributed by atoms with Gasteiger partial charge in [-0.2, -0.15) is 0 Å². The van der Waals surface area contributed by atoms with Crippen molar-refractivity contribution in [3.8, 4) is 0 Å². The zero-order valence-electron chi connectivity index (χ0n) is 9.36. The van der Waals surface area contributed by atoms with E-state index in [-0.39, 0.29) is 0 Å². The summed E-state index contributed by atoms with van der Waals surface area (Å²) in [6, 6.07) is 19.5. The number of halogens is 1. The third kappa shape index (κ3) is 2.05. The second-order valence-electron chi connectivity index (χ2n) is 3.87. The SMILES string of the molecule is CBr.c1ccc(C2Cc3ccccc32)cc1. The zero-order chi connectivity index (χ0) is 11.4. The fourth-order valence-corrected chi connectivity index (χ4v) is 2.24. The predicted octanol–water partition coefficient (Wildman–Crippen LogP) is 4.39. The molecule has 2 aromatic rings. The first kappa shape index (κ1) is 11.4. The number of hydrogen-bond acceptors (Lipinski definition) is 0. The van der Waals surface area contributed by atoms with E-state index in [1.807, 2.05) is 5.83 Å². The molecule has 3 rings (SSSR count). The highest BCUT2D eigenvalue weighted by atomic mass is 79.9. The molecule has 0 aliphatic heterocycles. The van der Waals surface area contributed by atoms with Crippen LogP contribution in [0.4, 0.5) is 0 Å². The van der Waals surface area contributed by atoms with E-state index in [4.69, 9.17) is 0 Å². The molecule has 0 N–H and O–H groups in total. The minimum atomic E-state index is 0.646. The Balaban J connectivity index is 0.000000457. The maximum Gasteiger partial charge on any atom is 0.0133 e. The van der Waals surface area contributed by atoms with Crippen LogP contribution in [-0.4, -0.2) is 5.83 Å². The summed E-state index contributed by atoms with van der Waals surface area (Å²) in [7, 11) is 0. The molecule has 0 spiro atoms. The van der Waals surface area contributed by atoms with Crippen LogP contribution in [0.15, 0.2) is 54.6 Å². The summed E-state index contributed by atoms with van der Waals surface area (Å²) in [5, 5.41) is 0. The van der Waals surface area contributed by atoms with Crippen LogP contribution in [0.2, 0.25) is 0 Å². The summed E-state index contributed by atoms with van der Waals surface area (Å²) < 4.78 is 0. The molecule has 0 saturated carbocycles. The van der Waals surface area contributed by atoms with E-state index in [9.17, 15) is 0 Å². The average molecular weight is 275 g/mol. The lowest BCUT2D eigenvalue weighted by molar-refractivity contribution is 0.708. The Morgan fingerprint density at radius 2 is 1.50 bits per heavy atom. The van der Waals surface area contributed by atoms with Crippen LogP contribution in [0.5, 0.6) is 0 Å². The quantitative estimate of drug-likeness (QED) is 0.677. The molecule has 1 aliphatic rings. The van der Waals surface area contributed by atoms with E-state index >= 15 is 0 Å². The van der Waals surface area contributed by atoms with Crippen LogP contribution < -0.4 is 0 Å². The molecular formula is C15H15Br. The molecule has 0 aromatic heterocycles. The summed E-state index contributed by atoms with van der Waals surface area (Å²) in [6.07, 6.45) is 1.21. The van der Waals surface area contributed by atoms with Crippen LogP contribution in [0.25, 0.3) is 0 Å². The van der Waals surface area contributed by atoms with Gasteiger partial charge in [-0.05, 0) is 28.9 Å². The average Bonchev–Trinajstić information content (AvgIpc) is 2.35. The van der Waals surface area contributed by atoms with Crippen molar-refractivity contribution in [2.75, 3.05) is 5.83 Å². The Hall–Kier alpha value is -1.08. The highest BCUT2D eigenvalue weighted by molar-refractivity contribution is 9.08. The molecule has 1 heteroatoms. The van der Waals surface area contributed by atoms with E-state index in [1.54, 1.807) is 0 Å². The molecule has 2 aromatic carbocycles. The van der Waals surface area contributed by atoms with Gasteiger partial charge in [0, 0.05) is 5.92 Å². The van der Waals surface area contributed by atoms with Gasteiger partial charge in [-0.15, -0.1) is 0 Å². The molecule has 0 bridgehead atoms. The van der Waals surface area contributed by atoms with Crippen molar-refractivity contribution >= 4 is 15.9 Å². The monoisotopic (exact) mass is 274 g/mol. The number of rotatable bonds is 1. The third-order valence-corrected chi connectivity index (χ3v) is 3.06. The molecule has 1 unspecified atom stereocenters. The summed E-state index contributed by atoms with van der Waals surface area (Å²) in [5.74, 6) is 2.46. The molecular weight excluding hydrogens is 260 g/mol. The summed E-state index contributed by atoms with van der Waals surface area (Å²) >= 11 is 2.94. The highest BCUT2D eigenvalue weighted by Gasteiger charge is 2.26. The molecule has 0 saturated heterocycles. The van der Waals surface area contributed by atoms with Gasteiger partial charge >= 0.3 is 0 Å². The van der Waals surface area contributed by atoms with E-state index in [0.717, 1.165) is 0 Å². The van der Waals surface area contributed by atoms with Gasteiger partial charge < -0.3 is 0 Å². The van der Waals surface area contributed by atoms with Crippen molar-refractivity contribution in [1.82, 2.24) is 0 Å². The maximum absolute atomic E-state index is 2.94. The molecule has 16 heavy (non-hydrogen) atoms.